The van der Waals surface area contributed by atoms with Crippen LogP contribution in [0.4, 0.5) is 0 Å². The van der Waals surface area contributed by atoms with Crippen LogP contribution in [0.2, 0.25) is 5.02 Å². The predicted octanol–water partition coefficient (Wildman–Crippen LogP) is 5.81. The topological polar surface area (TPSA) is 70.4 Å². The van der Waals surface area contributed by atoms with Gasteiger partial charge in [0.2, 0.25) is 5.89 Å². The van der Waals surface area contributed by atoms with E-state index in [0.29, 0.717) is 23.2 Å². The predicted molar refractivity (Wildman–Crippen MR) is 117 cm³/mol. The summed E-state index contributed by atoms with van der Waals surface area (Å²) in [5.74, 6) is 1.31. The van der Waals surface area contributed by atoms with Crippen LogP contribution < -0.4 is 0 Å². The molecule has 0 aliphatic heterocycles. The highest BCUT2D eigenvalue weighted by Gasteiger charge is 2.11. The number of furan rings is 1. The zero-order valence-corrected chi connectivity index (χ0v) is 17.9. The average molecular weight is 437 g/mol. The molecule has 0 amide bonds. The highest BCUT2D eigenvalue weighted by Crippen LogP contribution is 2.23. The minimum atomic E-state index is -0.470. The second kappa shape index (κ2) is 9.10. The van der Waals surface area contributed by atoms with Crippen LogP contribution >= 0.6 is 11.6 Å². The molecule has 4 aromatic rings. The van der Waals surface area contributed by atoms with E-state index in [-0.39, 0.29) is 6.61 Å². The van der Waals surface area contributed by atoms with Crippen molar-refractivity contribution >= 4 is 23.6 Å². The Morgan fingerprint density at radius 1 is 1.23 bits per heavy atom. The molecule has 0 radical (unpaired) electrons. The van der Waals surface area contributed by atoms with Crippen LogP contribution in [0.3, 0.4) is 0 Å². The van der Waals surface area contributed by atoms with Crippen molar-refractivity contribution in [1.29, 1.82) is 0 Å². The number of oxazole rings is 1. The fourth-order valence-electron chi connectivity index (χ4n) is 3.26. The Morgan fingerprint density at radius 2 is 2.03 bits per heavy atom. The number of ether oxygens (including phenoxy) is 1. The smallest absolute Gasteiger partial charge is 0.331 e. The van der Waals surface area contributed by atoms with Crippen molar-refractivity contribution in [3.05, 3.63) is 94.6 Å². The Balaban J connectivity index is 1.35. The lowest BCUT2D eigenvalue weighted by molar-refractivity contribution is -0.139. The van der Waals surface area contributed by atoms with E-state index < -0.39 is 5.97 Å². The SMILES string of the molecule is Cc1cc(/C=C/C(=O)OCc2ncc(-c3ccc(Cl)cc3)o2)c(C)n1Cc1ccco1. The summed E-state index contributed by atoms with van der Waals surface area (Å²) < 4.78 is 18.5. The number of nitrogens with zero attached hydrogens (tertiary/aromatic N) is 2. The molecule has 0 saturated heterocycles. The molecular weight excluding hydrogens is 416 g/mol. The second-order valence-electron chi connectivity index (χ2n) is 7.06. The van der Waals surface area contributed by atoms with Crippen molar-refractivity contribution in [2.24, 2.45) is 0 Å². The summed E-state index contributed by atoms with van der Waals surface area (Å²) in [7, 11) is 0. The molecule has 0 aliphatic carbocycles. The first-order valence-corrected chi connectivity index (χ1v) is 10.1. The van der Waals surface area contributed by atoms with Crippen LogP contribution in [0.15, 0.2) is 69.8 Å². The van der Waals surface area contributed by atoms with E-state index in [1.807, 2.05) is 44.2 Å². The molecule has 31 heavy (non-hydrogen) atoms. The zero-order valence-electron chi connectivity index (χ0n) is 17.2. The Labute approximate surface area is 184 Å². The van der Waals surface area contributed by atoms with Crippen molar-refractivity contribution in [3.63, 3.8) is 0 Å². The van der Waals surface area contributed by atoms with Gasteiger partial charge < -0.3 is 18.1 Å². The molecule has 4 rings (SSSR count). The number of carbonyl (C=O) groups excluding carboxylic acids is 1. The summed E-state index contributed by atoms with van der Waals surface area (Å²) in [5.41, 5.74) is 3.91. The van der Waals surface area contributed by atoms with Crippen molar-refractivity contribution in [2.75, 3.05) is 0 Å². The number of esters is 1. The number of rotatable bonds is 7. The molecule has 3 aromatic heterocycles. The van der Waals surface area contributed by atoms with Crippen molar-refractivity contribution in [2.45, 2.75) is 27.0 Å². The second-order valence-corrected chi connectivity index (χ2v) is 7.49. The van der Waals surface area contributed by atoms with Gasteiger partial charge in [-0.05, 0) is 68.0 Å². The molecule has 0 atom stereocenters. The number of hydrogen-bond donors (Lipinski definition) is 0. The lowest BCUT2D eigenvalue weighted by Crippen LogP contribution is -2.03. The van der Waals surface area contributed by atoms with Crippen LogP contribution in [-0.2, 0) is 22.7 Å². The minimum Gasteiger partial charge on any atom is -0.467 e. The van der Waals surface area contributed by atoms with Gasteiger partial charge in [-0.15, -0.1) is 0 Å². The largest absolute Gasteiger partial charge is 0.467 e. The standard InChI is InChI=1S/C24H21ClN2O4/c1-16-12-19(17(2)27(16)14-21-4-3-11-29-21)7-10-24(28)30-15-23-26-13-22(31-23)18-5-8-20(25)9-6-18/h3-13H,14-15H2,1-2H3/b10-7+. The van der Waals surface area contributed by atoms with Gasteiger partial charge >= 0.3 is 5.97 Å². The van der Waals surface area contributed by atoms with Gasteiger partial charge in [-0.3, -0.25) is 0 Å². The third-order valence-corrected chi connectivity index (χ3v) is 5.18. The lowest BCUT2D eigenvalue weighted by Gasteiger charge is -2.07. The quantitative estimate of drug-likeness (QED) is 0.270. The number of aromatic nitrogens is 2. The maximum absolute atomic E-state index is 12.1. The molecule has 158 valence electrons. The molecule has 1 aromatic carbocycles. The first kappa shape index (κ1) is 20.8. The molecule has 0 bridgehead atoms. The fourth-order valence-corrected chi connectivity index (χ4v) is 3.39. The molecular formula is C24H21ClN2O4. The normalized spacial score (nSPS) is 11.3. The monoisotopic (exact) mass is 436 g/mol. The van der Waals surface area contributed by atoms with Gasteiger partial charge in [0, 0.05) is 28.0 Å². The first-order valence-electron chi connectivity index (χ1n) is 9.74. The Bertz CT molecular complexity index is 1200. The lowest BCUT2D eigenvalue weighted by atomic mass is 10.2. The number of aryl methyl sites for hydroxylation is 1. The van der Waals surface area contributed by atoms with E-state index in [9.17, 15) is 4.79 Å². The van der Waals surface area contributed by atoms with Crippen molar-refractivity contribution in [1.82, 2.24) is 9.55 Å². The van der Waals surface area contributed by atoms with Crippen LogP contribution in [0.25, 0.3) is 17.4 Å². The molecule has 0 saturated carbocycles. The summed E-state index contributed by atoms with van der Waals surface area (Å²) in [5, 5.41) is 0.644. The molecule has 0 N–H and O–H groups in total. The highest BCUT2D eigenvalue weighted by molar-refractivity contribution is 6.30. The molecule has 6 nitrogen and oxygen atoms in total. The van der Waals surface area contributed by atoms with E-state index in [1.54, 1.807) is 30.7 Å². The van der Waals surface area contributed by atoms with Crippen molar-refractivity contribution in [3.8, 4) is 11.3 Å². The van der Waals surface area contributed by atoms with Gasteiger partial charge in [0.15, 0.2) is 12.4 Å². The van der Waals surface area contributed by atoms with E-state index in [1.165, 1.54) is 6.08 Å². The van der Waals surface area contributed by atoms with Crippen LogP contribution in [0, 0.1) is 13.8 Å². The Morgan fingerprint density at radius 3 is 2.77 bits per heavy atom. The zero-order chi connectivity index (χ0) is 21.8. The third-order valence-electron chi connectivity index (χ3n) is 4.93. The van der Waals surface area contributed by atoms with E-state index in [0.717, 1.165) is 28.3 Å². The first-order chi connectivity index (χ1) is 15.0. The molecule has 7 heteroatoms. The minimum absolute atomic E-state index is 0.0473. The molecule has 0 aliphatic rings. The summed E-state index contributed by atoms with van der Waals surface area (Å²) in [6.07, 6.45) is 6.41. The maximum atomic E-state index is 12.1. The Hall–Kier alpha value is -3.51. The number of carbonyl (C=O) groups is 1. The third kappa shape index (κ3) is 4.98. The summed E-state index contributed by atoms with van der Waals surface area (Å²) >= 11 is 5.90. The van der Waals surface area contributed by atoms with Gasteiger partial charge in [-0.1, -0.05) is 11.6 Å². The average Bonchev–Trinajstić information content (AvgIpc) is 3.50. The van der Waals surface area contributed by atoms with E-state index in [2.05, 4.69) is 9.55 Å². The van der Waals surface area contributed by atoms with E-state index >= 15 is 0 Å². The molecule has 0 spiro atoms. The molecule has 3 heterocycles. The van der Waals surface area contributed by atoms with Gasteiger partial charge in [0.1, 0.15) is 5.76 Å². The highest BCUT2D eigenvalue weighted by atomic mass is 35.5. The summed E-state index contributed by atoms with van der Waals surface area (Å²) in [6.45, 7) is 4.62. The maximum Gasteiger partial charge on any atom is 0.331 e. The van der Waals surface area contributed by atoms with E-state index in [4.69, 9.17) is 25.2 Å². The number of halogens is 1. The van der Waals surface area contributed by atoms with Crippen LogP contribution in [0.5, 0.6) is 0 Å². The fraction of sp³-hybridized carbons (Fsp3) is 0.167. The number of hydrogen-bond acceptors (Lipinski definition) is 5. The molecule has 0 fully saturated rings. The van der Waals surface area contributed by atoms with Crippen molar-refractivity contribution < 1.29 is 18.4 Å². The van der Waals surface area contributed by atoms with Gasteiger partial charge in [-0.25, -0.2) is 9.78 Å². The Kier molecular flexibility index (Phi) is 6.09. The molecule has 0 unspecified atom stereocenters. The van der Waals surface area contributed by atoms with Crippen LogP contribution in [0.1, 0.15) is 28.6 Å². The van der Waals surface area contributed by atoms with Gasteiger partial charge in [0.05, 0.1) is 19.0 Å². The van der Waals surface area contributed by atoms with Crippen LogP contribution in [-0.4, -0.2) is 15.5 Å². The summed E-state index contributed by atoms with van der Waals surface area (Å²) in [4.78, 5) is 16.3. The summed E-state index contributed by atoms with van der Waals surface area (Å²) in [6, 6.07) is 13.0. The van der Waals surface area contributed by atoms with Gasteiger partial charge in [-0.2, -0.15) is 0 Å². The van der Waals surface area contributed by atoms with Gasteiger partial charge in [0.25, 0.3) is 0 Å². The number of benzene rings is 1.